The van der Waals surface area contributed by atoms with Crippen LogP contribution in [0.4, 0.5) is 5.69 Å². The van der Waals surface area contributed by atoms with Gasteiger partial charge in [0.25, 0.3) is 0 Å². The number of fused-ring (bicyclic) bond motifs is 2. The lowest BCUT2D eigenvalue weighted by atomic mass is 9.86. The first kappa shape index (κ1) is 33.0. The number of benzene rings is 6. The van der Waals surface area contributed by atoms with Crippen molar-refractivity contribution in [3.8, 4) is 39.5 Å². The van der Waals surface area contributed by atoms with Gasteiger partial charge in [0, 0.05) is 17.3 Å². The Morgan fingerprint density at radius 2 is 1.34 bits per heavy atom. The van der Waals surface area contributed by atoms with Crippen molar-refractivity contribution in [3.05, 3.63) is 138 Å². The summed E-state index contributed by atoms with van der Waals surface area (Å²) in [6, 6.07) is 39.9. The molecule has 7 aromatic rings. The van der Waals surface area contributed by atoms with Crippen LogP contribution < -0.4 is 0 Å². The molecule has 0 saturated heterocycles. The van der Waals surface area contributed by atoms with Crippen LogP contribution in [0, 0.1) is 0 Å². The van der Waals surface area contributed by atoms with Gasteiger partial charge in [-0.2, -0.15) is 0 Å². The lowest BCUT2D eigenvalue weighted by Gasteiger charge is -2.19. The van der Waals surface area contributed by atoms with Crippen molar-refractivity contribution in [1.82, 2.24) is 4.98 Å². The molecule has 50 heavy (non-hydrogen) atoms. The fourth-order valence-corrected chi connectivity index (χ4v) is 6.52. The summed E-state index contributed by atoms with van der Waals surface area (Å²) in [5.74, 6) is 1.49. The number of nitrogens with zero attached hydrogens (tertiary/aromatic N) is 2. The van der Waals surface area contributed by atoms with Gasteiger partial charge in [0.15, 0.2) is 5.58 Å². The molecule has 250 valence electrons. The minimum atomic E-state index is -0.0561. The molecule has 4 heteroatoms. The van der Waals surface area contributed by atoms with Crippen molar-refractivity contribution in [2.24, 2.45) is 4.99 Å². The summed E-state index contributed by atoms with van der Waals surface area (Å²) in [4.78, 5) is 10.0. The second kappa shape index (κ2) is 13.1. The van der Waals surface area contributed by atoms with E-state index in [0.29, 0.717) is 29.0 Å². The van der Waals surface area contributed by atoms with Crippen molar-refractivity contribution < 1.29 is 9.52 Å². The third-order valence-corrected chi connectivity index (χ3v) is 9.59. The number of aromatic nitrogens is 1. The highest BCUT2D eigenvalue weighted by molar-refractivity contribution is 6.05. The van der Waals surface area contributed by atoms with Crippen LogP contribution in [0.15, 0.2) is 125 Å². The van der Waals surface area contributed by atoms with Gasteiger partial charge in [-0.1, -0.05) is 127 Å². The molecule has 1 N–H and O–H groups in total. The van der Waals surface area contributed by atoms with E-state index in [2.05, 4.69) is 121 Å². The van der Waals surface area contributed by atoms with Gasteiger partial charge in [-0.15, -0.1) is 0 Å². The second-order valence-electron chi connectivity index (χ2n) is 14.9. The van der Waals surface area contributed by atoms with Crippen LogP contribution in [0.3, 0.4) is 0 Å². The van der Waals surface area contributed by atoms with E-state index in [-0.39, 0.29) is 11.2 Å². The first-order valence-corrected chi connectivity index (χ1v) is 17.5. The van der Waals surface area contributed by atoms with Crippen LogP contribution in [-0.2, 0) is 5.41 Å². The summed E-state index contributed by atoms with van der Waals surface area (Å²) in [6.07, 6.45) is 1.72. The maximum absolute atomic E-state index is 10.7. The molecule has 0 amide bonds. The average molecular weight is 657 g/mol. The van der Waals surface area contributed by atoms with Crippen LogP contribution in [0.2, 0.25) is 0 Å². The lowest BCUT2D eigenvalue weighted by molar-refractivity contribution is 0.473. The molecule has 0 spiro atoms. The first-order valence-electron chi connectivity index (χ1n) is 17.5. The Labute approximate surface area is 295 Å². The molecular formula is C46H44N2O2. The Balaban J connectivity index is 1.42. The van der Waals surface area contributed by atoms with E-state index in [1.165, 1.54) is 27.5 Å². The molecule has 0 bridgehead atoms. The molecule has 0 aliphatic heterocycles. The van der Waals surface area contributed by atoms with Gasteiger partial charge in [0.2, 0.25) is 5.89 Å². The molecule has 0 fully saturated rings. The van der Waals surface area contributed by atoms with Gasteiger partial charge in [0.05, 0.1) is 11.3 Å². The van der Waals surface area contributed by atoms with Crippen molar-refractivity contribution >= 4 is 33.8 Å². The predicted molar refractivity (Wildman–Crippen MR) is 210 cm³/mol. The summed E-state index contributed by atoms with van der Waals surface area (Å²) in [7, 11) is 0. The summed E-state index contributed by atoms with van der Waals surface area (Å²) >= 11 is 0. The van der Waals surface area contributed by atoms with Gasteiger partial charge in [-0.05, 0) is 97.8 Å². The number of para-hydroxylation sites is 1. The Morgan fingerprint density at radius 3 is 2.08 bits per heavy atom. The minimum Gasteiger partial charge on any atom is -0.507 e. The number of hydrogen-bond acceptors (Lipinski definition) is 4. The number of aliphatic imine (C=N–C) groups is 1. The monoisotopic (exact) mass is 656 g/mol. The zero-order valence-corrected chi connectivity index (χ0v) is 30.0. The number of phenolic OH excluding ortho intramolecular Hbond substituents is 1. The van der Waals surface area contributed by atoms with Gasteiger partial charge in [-0.3, -0.25) is 4.99 Å². The van der Waals surface area contributed by atoms with Crippen molar-refractivity contribution in [2.75, 3.05) is 0 Å². The predicted octanol–water partition coefficient (Wildman–Crippen LogP) is 13.0. The number of aromatic hydroxyl groups is 1. The first-order chi connectivity index (χ1) is 24.0. The topological polar surface area (TPSA) is 58.6 Å². The molecule has 7 rings (SSSR count). The standard InChI is InChI=1S/C46H44N2O2/c1-28(2)31-21-32(29(3)4)23-33(22-31)34-25-40(38-17-12-14-30-13-8-9-15-37(30)38)44-43(26-34)50-45(48-44)39-16-10-11-18-41(39)47-27-35-24-36(46(5,6)7)19-20-42(35)49/h8-29,49H,1-7H3. The molecule has 1 heterocycles. The van der Waals surface area contributed by atoms with Crippen LogP contribution in [-0.4, -0.2) is 16.3 Å². The van der Waals surface area contributed by atoms with Gasteiger partial charge >= 0.3 is 0 Å². The van der Waals surface area contributed by atoms with Gasteiger partial charge in [-0.25, -0.2) is 4.98 Å². The zero-order valence-electron chi connectivity index (χ0n) is 30.0. The molecule has 0 saturated carbocycles. The molecule has 0 aliphatic rings. The van der Waals surface area contributed by atoms with E-state index in [0.717, 1.165) is 38.9 Å². The Bertz CT molecular complexity index is 2360. The Hall–Kier alpha value is -5.48. The highest BCUT2D eigenvalue weighted by Gasteiger charge is 2.20. The highest BCUT2D eigenvalue weighted by Crippen LogP contribution is 2.41. The molecular weight excluding hydrogens is 613 g/mol. The number of phenols is 1. The van der Waals surface area contributed by atoms with E-state index in [9.17, 15) is 5.11 Å². The molecule has 0 unspecified atom stereocenters. The Kier molecular flexibility index (Phi) is 8.65. The number of hydrogen-bond donors (Lipinski definition) is 1. The van der Waals surface area contributed by atoms with E-state index in [4.69, 9.17) is 14.4 Å². The fourth-order valence-electron chi connectivity index (χ4n) is 6.52. The van der Waals surface area contributed by atoms with Crippen molar-refractivity contribution in [3.63, 3.8) is 0 Å². The van der Waals surface area contributed by atoms with Crippen LogP contribution >= 0.6 is 0 Å². The van der Waals surface area contributed by atoms with Gasteiger partial charge < -0.3 is 9.52 Å². The quantitative estimate of drug-likeness (QED) is 0.174. The van der Waals surface area contributed by atoms with E-state index >= 15 is 0 Å². The largest absolute Gasteiger partial charge is 0.507 e. The van der Waals surface area contributed by atoms with Crippen LogP contribution in [0.1, 0.15) is 82.6 Å². The highest BCUT2D eigenvalue weighted by atomic mass is 16.3. The summed E-state index contributed by atoms with van der Waals surface area (Å²) in [5.41, 5.74) is 11.8. The molecule has 6 aromatic carbocycles. The normalized spacial score (nSPS) is 12.3. The number of rotatable bonds is 7. The lowest BCUT2D eigenvalue weighted by Crippen LogP contribution is -2.11. The van der Waals surface area contributed by atoms with Crippen molar-refractivity contribution in [1.29, 1.82) is 0 Å². The van der Waals surface area contributed by atoms with E-state index in [1.807, 2.05) is 36.4 Å². The molecule has 0 atom stereocenters. The summed E-state index contributed by atoms with van der Waals surface area (Å²) < 4.78 is 6.69. The average Bonchev–Trinajstić information content (AvgIpc) is 3.54. The second-order valence-corrected chi connectivity index (χ2v) is 14.9. The third-order valence-electron chi connectivity index (χ3n) is 9.59. The summed E-state index contributed by atoms with van der Waals surface area (Å²) in [5, 5.41) is 13.0. The minimum absolute atomic E-state index is 0.0561. The Morgan fingerprint density at radius 1 is 0.680 bits per heavy atom. The zero-order chi connectivity index (χ0) is 35.2. The SMILES string of the molecule is CC(C)c1cc(-c2cc(-c3cccc4ccccc34)c3nc(-c4ccccc4N=Cc4cc(C(C)(C)C)ccc4O)oc3c2)cc(C(C)C)c1. The van der Waals surface area contributed by atoms with E-state index < -0.39 is 0 Å². The number of oxazole rings is 1. The van der Waals surface area contributed by atoms with E-state index in [1.54, 1.807) is 12.3 Å². The fraction of sp³-hybridized carbons (Fsp3) is 0.217. The maximum Gasteiger partial charge on any atom is 0.229 e. The molecule has 4 nitrogen and oxygen atoms in total. The van der Waals surface area contributed by atoms with Gasteiger partial charge in [0.1, 0.15) is 11.3 Å². The maximum atomic E-state index is 10.7. The summed E-state index contributed by atoms with van der Waals surface area (Å²) in [6.45, 7) is 15.5. The molecule has 0 aliphatic carbocycles. The van der Waals surface area contributed by atoms with Crippen LogP contribution in [0.25, 0.3) is 55.6 Å². The van der Waals surface area contributed by atoms with Crippen LogP contribution in [0.5, 0.6) is 5.75 Å². The smallest absolute Gasteiger partial charge is 0.229 e. The molecule has 0 radical (unpaired) electrons. The third kappa shape index (κ3) is 6.46. The van der Waals surface area contributed by atoms with Crippen molar-refractivity contribution in [2.45, 2.75) is 65.7 Å². The molecule has 1 aromatic heterocycles.